The van der Waals surface area contributed by atoms with Gasteiger partial charge >= 0.3 is 0 Å². The number of likely N-dealkylation sites (tertiary alicyclic amines) is 1. The number of phenols is 1. The highest BCUT2D eigenvalue weighted by molar-refractivity contribution is 5.93. The highest BCUT2D eigenvalue weighted by atomic mass is 16.3. The topological polar surface area (TPSA) is 81.7 Å². The van der Waals surface area contributed by atoms with Crippen LogP contribution in [0.2, 0.25) is 0 Å². The molecule has 6 heteroatoms. The van der Waals surface area contributed by atoms with Crippen LogP contribution < -0.4 is 10.6 Å². The fraction of sp³-hybridized carbons (Fsp3) is 0.462. The largest absolute Gasteiger partial charge is 0.506 e. The van der Waals surface area contributed by atoms with Gasteiger partial charge in [-0.3, -0.25) is 14.5 Å². The predicted octanol–water partition coefficient (Wildman–Crippen LogP) is 4.09. The van der Waals surface area contributed by atoms with Crippen LogP contribution in [0.5, 0.6) is 5.75 Å². The highest BCUT2D eigenvalue weighted by Crippen LogP contribution is 2.35. The SMILES string of the molecule is O=C(CN1CCC(C(=O)Nc2ccccc2O)CC1)NC(c1ccccc1)C1CCCC1. The maximum absolute atomic E-state index is 12.9. The van der Waals surface area contributed by atoms with E-state index in [1.807, 2.05) is 18.2 Å². The average Bonchev–Trinajstić information content (AvgIpc) is 3.35. The van der Waals surface area contributed by atoms with Crippen molar-refractivity contribution in [1.82, 2.24) is 10.2 Å². The van der Waals surface area contributed by atoms with E-state index in [0.29, 0.717) is 44.1 Å². The fourth-order valence-corrected chi connectivity index (χ4v) is 5.01. The molecule has 1 saturated heterocycles. The lowest BCUT2D eigenvalue weighted by atomic mass is 9.91. The highest BCUT2D eigenvalue weighted by Gasteiger charge is 2.30. The molecule has 1 aliphatic heterocycles. The third-order valence-electron chi connectivity index (χ3n) is 6.83. The number of carbonyl (C=O) groups is 2. The first-order valence-corrected chi connectivity index (χ1v) is 11.8. The molecule has 2 aliphatic rings. The summed E-state index contributed by atoms with van der Waals surface area (Å²) in [5, 5.41) is 16.0. The summed E-state index contributed by atoms with van der Waals surface area (Å²) in [5.41, 5.74) is 1.63. The normalized spacial score (nSPS) is 18.9. The van der Waals surface area contributed by atoms with Gasteiger partial charge in [0.25, 0.3) is 0 Å². The van der Waals surface area contributed by atoms with Crippen LogP contribution in [-0.4, -0.2) is 41.5 Å². The number of rotatable bonds is 7. The van der Waals surface area contributed by atoms with E-state index >= 15 is 0 Å². The maximum atomic E-state index is 12.9. The molecule has 0 radical (unpaired) electrons. The first kappa shape index (κ1) is 22.3. The Morgan fingerprint density at radius 3 is 2.28 bits per heavy atom. The van der Waals surface area contributed by atoms with Crippen LogP contribution in [0.3, 0.4) is 0 Å². The number of aromatic hydroxyl groups is 1. The Kier molecular flexibility index (Phi) is 7.43. The third-order valence-corrected chi connectivity index (χ3v) is 6.83. The second-order valence-corrected chi connectivity index (χ2v) is 9.06. The summed E-state index contributed by atoms with van der Waals surface area (Å²) in [6.07, 6.45) is 6.21. The molecule has 1 aliphatic carbocycles. The molecule has 2 fully saturated rings. The predicted molar refractivity (Wildman–Crippen MR) is 125 cm³/mol. The molecule has 2 amide bonds. The molecular formula is C26H33N3O3. The number of piperidine rings is 1. The molecule has 6 nitrogen and oxygen atoms in total. The monoisotopic (exact) mass is 435 g/mol. The molecule has 0 spiro atoms. The Morgan fingerprint density at radius 2 is 1.59 bits per heavy atom. The molecular weight excluding hydrogens is 402 g/mol. The molecule has 1 unspecified atom stereocenters. The zero-order valence-electron chi connectivity index (χ0n) is 18.5. The Hall–Kier alpha value is -2.86. The number of amides is 2. The first-order valence-electron chi connectivity index (χ1n) is 11.8. The summed E-state index contributed by atoms with van der Waals surface area (Å²) >= 11 is 0. The van der Waals surface area contributed by atoms with Crippen LogP contribution >= 0.6 is 0 Å². The van der Waals surface area contributed by atoms with E-state index < -0.39 is 0 Å². The average molecular weight is 436 g/mol. The van der Waals surface area contributed by atoms with E-state index in [-0.39, 0.29) is 29.5 Å². The van der Waals surface area contributed by atoms with Gasteiger partial charge in [0, 0.05) is 5.92 Å². The molecule has 2 aromatic carbocycles. The molecule has 2 aromatic rings. The van der Waals surface area contributed by atoms with Gasteiger partial charge in [-0.1, -0.05) is 55.3 Å². The molecule has 4 rings (SSSR count). The van der Waals surface area contributed by atoms with Crippen LogP contribution in [0.15, 0.2) is 54.6 Å². The summed E-state index contributed by atoms with van der Waals surface area (Å²) in [5.74, 6) is 0.462. The van der Waals surface area contributed by atoms with Gasteiger partial charge < -0.3 is 15.7 Å². The van der Waals surface area contributed by atoms with Crippen molar-refractivity contribution in [3.63, 3.8) is 0 Å². The van der Waals surface area contributed by atoms with E-state index in [9.17, 15) is 14.7 Å². The summed E-state index contributed by atoms with van der Waals surface area (Å²) in [6.45, 7) is 1.79. The van der Waals surface area contributed by atoms with E-state index in [2.05, 4.69) is 27.7 Å². The van der Waals surface area contributed by atoms with Gasteiger partial charge in [-0.2, -0.15) is 0 Å². The second-order valence-electron chi connectivity index (χ2n) is 9.06. The smallest absolute Gasteiger partial charge is 0.234 e. The lowest BCUT2D eigenvalue weighted by Gasteiger charge is -2.32. The lowest BCUT2D eigenvalue weighted by Crippen LogP contribution is -2.44. The third kappa shape index (κ3) is 5.68. The van der Waals surface area contributed by atoms with E-state index in [0.717, 1.165) is 12.8 Å². The molecule has 1 saturated carbocycles. The quantitative estimate of drug-likeness (QED) is 0.572. The number of nitrogens with one attached hydrogen (secondary N) is 2. The van der Waals surface area contributed by atoms with Crippen molar-refractivity contribution < 1.29 is 14.7 Å². The lowest BCUT2D eigenvalue weighted by molar-refractivity contribution is -0.124. The van der Waals surface area contributed by atoms with Gasteiger partial charge in [-0.05, 0) is 62.4 Å². The van der Waals surface area contributed by atoms with Crippen LogP contribution in [-0.2, 0) is 9.59 Å². The Balaban J connectivity index is 1.27. The summed E-state index contributed by atoms with van der Waals surface area (Å²) in [7, 11) is 0. The van der Waals surface area contributed by atoms with Crippen molar-refractivity contribution in [2.45, 2.75) is 44.6 Å². The number of para-hydroxylation sites is 2. The Bertz CT molecular complexity index is 904. The van der Waals surface area contributed by atoms with E-state index in [1.165, 1.54) is 18.4 Å². The van der Waals surface area contributed by atoms with Gasteiger partial charge in [-0.25, -0.2) is 0 Å². The van der Waals surface area contributed by atoms with E-state index in [4.69, 9.17) is 0 Å². The van der Waals surface area contributed by atoms with Gasteiger partial charge in [0.1, 0.15) is 5.75 Å². The number of carbonyl (C=O) groups excluding carboxylic acids is 2. The molecule has 1 atom stereocenters. The van der Waals surface area contributed by atoms with Gasteiger partial charge in [0.15, 0.2) is 0 Å². The van der Waals surface area contributed by atoms with Gasteiger partial charge in [-0.15, -0.1) is 0 Å². The van der Waals surface area contributed by atoms with Crippen molar-refractivity contribution in [1.29, 1.82) is 0 Å². The molecule has 0 aromatic heterocycles. The van der Waals surface area contributed by atoms with Crippen molar-refractivity contribution in [2.24, 2.45) is 11.8 Å². The summed E-state index contributed by atoms with van der Waals surface area (Å²) in [4.78, 5) is 27.6. The second kappa shape index (κ2) is 10.6. The maximum Gasteiger partial charge on any atom is 0.234 e. The minimum Gasteiger partial charge on any atom is -0.506 e. The zero-order valence-corrected chi connectivity index (χ0v) is 18.5. The van der Waals surface area contributed by atoms with Gasteiger partial charge in [0.2, 0.25) is 11.8 Å². The first-order chi connectivity index (χ1) is 15.6. The van der Waals surface area contributed by atoms with Gasteiger partial charge in [0.05, 0.1) is 18.3 Å². The Labute approximate surface area is 190 Å². The number of benzene rings is 2. The Morgan fingerprint density at radius 1 is 0.938 bits per heavy atom. The van der Waals surface area contributed by atoms with Crippen molar-refractivity contribution in [3.05, 3.63) is 60.2 Å². The fourth-order valence-electron chi connectivity index (χ4n) is 5.01. The zero-order chi connectivity index (χ0) is 22.3. The standard InChI is InChI=1S/C26H33N3O3/c30-23-13-7-6-12-22(23)27-26(32)21-14-16-29(17-15-21)18-24(31)28-25(20-10-4-5-11-20)19-8-2-1-3-9-19/h1-3,6-9,12-13,20-21,25,30H,4-5,10-11,14-18H2,(H,27,32)(H,28,31). The number of nitrogens with zero attached hydrogens (tertiary/aromatic N) is 1. The van der Waals surface area contributed by atoms with Crippen LogP contribution in [0.1, 0.15) is 50.1 Å². The number of hydrogen-bond acceptors (Lipinski definition) is 4. The van der Waals surface area contributed by atoms with Crippen LogP contribution in [0.25, 0.3) is 0 Å². The number of anilines is 1. The van der Waals surface area contributed by atoms with Crippen molar-refractivity contribution in [2.75, 3.05) is 25.0 Å². The van der Waals surface area contributed by atoms with Crippen molar-refractivity contribution >= 4 is 17.5 Å². The van der Waals surface area contributed by atoms with Crippen LogP contribution in [0, 0.1) is 11.8 Å². The molecule has 32 heavy (non-hydrogen) atoms. The molecule has 3 N–H and O–H groups in total. The number of phenolic OH excluding ortho intramolecular Hbond substituents is 1. The minimum atomic E-state index is -0.107. The van der Waals surface area contributed by atoms with Crippen LogP contribution in [0.4, 0.5) is 5.69 Å². The van der Waals surface area contributed by atoms with Crippen molar-refractivity contribution in [3.8, 4) is 5.75 Å². The molecule has 170 valence electrons. The van der Waals surface area contributed by atoms with E-state index in [1.54, 1.807) is 24.3 Å². The molecule has 1 heterocycles. The minimum absolute atomic E-state index is 0.0582. The summed E-state index contributed by atoms with van der Waals surface area (Å²) < 4.78 is 0. The number of hydrogen-bond donors (Lipinski definition) is 3. The molecule has 0 bridgehead atoms. The summed E-state index contributed by atoms with van der Waals surface area (Å²) in [6, 6.07) is 17.1.